The number of rotatable bonds is 12. The number of methoxy groups -OCH3 is 1. The van der Waals surface area contributed by atoms with Crippen LogP contribution in [0.1, 0.15) is 24.6 Å². The molecule has 1 atom stereocenters. The van der Waals surface area contributed by atoms with Crippen molar-refractivity contribution in [3.63, 3.8) is 0 Å². The molecule has 0 amide bonds. The van der Waals surface area contributed by atoms with Gasteiger partial charge in [0, 0.05) is 62.0 Å². The highest BCUT2D eigenvalue weighted by molar-refractivity contribution is 7.87. The van der Waals surface area contributed by atoms with Gasteiger partial charge in [0.25, 0.3) is 10.2 Å². The van der Waals surface area contributed by atoms with Gasteiger partial charge in [0.05, 0.1) is 12.8 Å². The topological polar surface area (TPSA) is 90.6 Å². The largest absolute Gasteiger partial charge is 0.497 e. The molecule has 5 rings (SSSR count). The zero-order chi connectivity index (χ0) is 28.0. The first-order valence-corrected chi connectivity index (χ1v) is 15.2. The van der Waals surface area contributed by atoms with Crippen LogP contribution in [0, 0.1) is 0 Å². The molecule has 3 aromatic carbocycles. The Kier molecular flexibility index (Phi) is 8.96. The predicted octanol–water partition coefficient (Wildman–Crippen LogP) is 4.73. The van der Waals surface area contributed by atoms with Crippen LogP contribution in [0.2, 0.25) is 0 Å². The second kappa shape index (κ2) is 12.8. The van der Waals surface area contributed by atoms with Crippen LogP contribution < -0.4 is 9.46 Å². The molecule has 2 heterocycles. The number of aromatic nitrogens is 2. The van der Waals surface area contributed by atoms with Crippen LogP contribution in [-0.2, 0) is 23.2 Å². The first kappa shape index (κ1) is 28.0. The van der Waals surface area contributed by atoms with Gasteiger partial charge in [-0.1, -0.05) is 67.6 Å². The molecule has 8 nitrogen and oxygen atoms in total. The molecule has 1 saturated heterocycles. The zero-order valence-electron chi connectivity index (χ0n) is 23.1. The first-order valence-electron chi connectivity index (χ1n) is 13.8. The van der Waals surface area contributed by atoms with E-state index >= 15 is 0 Å². The summed E-state index contributed by atoms with van der Waals surface area (Å²) in [4.78, 5) is 10.7. The molecule has 4 aromatic rings. The maximum Gasteiger partial charge on any atom is 0.279 e. The Bertz CT molecular complexity index is 1470. The van der Waals surface area contributed by atoms with E-state index in [0.29, 0.717) is 13.0 Å². The van der Waals surface area contributed by atoms with E-state index in [9.17, 15) is 8.42 Å². The summed E-state index contributed by atoms with van der Waals surface area (Å²) in [5.74, 6) is 1.52. The van der Waals surface area contributed by atoms with Crippen molar-refractivity contribution in [3.05, 3.63) is 96.2 Å². The number of imidazole rings is 1. The monoisotopic (exact) mass is 559 g/mol. The molecule has 1 aliphatic rings. The van der Waals surface area contributed by atoms with Crippen molar-refractivity contribution >= 4 is 10.2 Å². The number of nitrogens with one attached hydrogen (secondary N) is 2. The number of aromatic amines is 1. The molecule has 210 valence electrons. The maximum absolute atomic E-state index is 13.4. The Morgan fingerprint density at radius 2 is 1.70 bits per heavy atom. The second-order valence-electron chi connectivity index (χ2n) is 10.0. The van der Waals surface area contributed by atoms with Gasteiger partial charge in [-0.2, -0.15) is 12.7 Å². The average Bonchev–Trinajstić information content (AvgIpc) is 3.62. The minimum absolute atomic E-state index is 0.0436. The predicted molar refractivity (Wildman–Crippen MR) is 159 cm³/mol. The van der Waals surface area contributed by atoms with Gasteiger partial charge in [-0.3, -0.25) is 4.90 Å². The van der Waals surface area contributed by atoms with Crippen LogP contribution in [0.25, 0.3) is 22.6 Å². The highest BCUT2D eigenvalue weighted by atomic mass is 32.2. The second-order valence-corrected chi connectivity index (χ2v) is 11.7. The number of benzene rings is 3. The number of hydrogen-bond donors (Lipinski definition) is 2. The maximum atomic E-state index is 13.4. The SMILES string of the molecule is CCN([C@@H]1CCN(Cc2ccccc2)C1)S(=O)(=O)NCCc1[nH]c(-c2ccccc2)nc1-c1ccc(OC)cc1. The summed E-state index contributed by atoms with van der Waals surface area (Å²) < 4.78 is 36.6. The zero-order valence-corrected chi connectivity index (χ0v) is 23.9. The smallest absolute Gasteiger partial charge is 0.279 e. The summed E-state index contributed by atoms with van der Waals surface area (Å²) >= 11 is 0. The number of likely N-dealkylation sites (N-methyl/N-ethyl adjacent to an activating group) is 1. The summed E-state index contributed by atoms with van der Waals surface area (Å²) in [5, 5.41) is 0. The number of H-pyrrole nitrogens is 1. The molecule has 0 saturated carbocycles. The lowest BCUT2D eigenvalue weighted by atomic mass is 10.1. The Balaban J connectivity index is 1.27. The van der Waals surface area contributed by atoms with Gasteiger partial charge in [0.2, 0.25) is 0 Å². The molecule has 1 aliphatic heterocycles. The number of ether oxygens (including phenoxy) is 1. The average molecular weight is 560 g/mol. The van der Waals surface area contributed by atoms with Crippen LogP contribution in [0.15, 0.2) is 84.9 Å². The van der Waals surface area contributed by atoms with Gasteiger partial charge >= 0.3 is 0 Å². The Labute approximate surface area is 237 Å². The Hall–Kier alpha value is -3.50. The third kappa shape index (κ3) is 6.62. The minimum Gasteiger partial charge on any atom is -0.497 e. The van der Waals surface area contributed by atoms with Crippen molar-refractivity contribution in [2.45, 2.75) is 32.4 Å². The molecule has 0 radical (unpaired) electrons. The standard InChI is InChI=1S/C31H37N5O3S/c1-3-36(27-19-21-35(23-27)22-24-10-6-4-7-11-24)40(37,38)32-20-18-29-30(25-14-16-28(39-2)17-15-25)34-31(33-29)26-12-8-5-9-13-26/h4-17,27,32H,3,18-23H2,1-2H3,(H,33,34)/t27-/m1/s1. The van der Waals surface area contributed by atoms with Crippen LogP contribution in [0.5, 0.6) is 5.75 Å². The van der Waals surface area contributed by atoms with Crippen molar-refractivity contribution in [1.29, 1.82) is 0 Å². The highest BCUT2D eigenvalue weighted by Crippen LogP contribution is 2.28. The highest BCUT2D eigenvalue weighted by Gasteiger charge is 2.33. The molecule has 0 aliphatic carbocycles. The summed E-state index contributed by atoms with van der Waals surface area (Å²) in [6, 6.07) is 27.9. The molecule has 1 fully saturated rings. The van der Waals surface area contributed by atoms with Crippen molar-refractivity contribution in [3.8, 4) is 28.4 Å². The van der Waals surface area contributed by atoms with E-state index in [1.165, 1.54) is 5.56 Å². The van der Waals surface area contributed by atoms with Crippen LogP contribution in [0.4, 0.5) is 0 Å². The van der Waals surface area contributed by atoms with Crippen molar-refractivity contribution in [2.24, 2.45) is 0 Å². The molecule has 0 unspecified atom stereocenters. The molecule has 0 spiro atoms. The van der Waals surface area contributed by atoms with Gasteiger partial charge in [-0.15, -0.1) is 0 Å². The van der Waals surface area contributed by atoms with Crippen LogP contribution in [0.3, 0.4) is 0 Å². The van der Waals surface area contributed by atoms with Crippen LogP contribution in [-0.4, -0.2) is 66.9 Å². The fourth-order valence-corrected chi connectivity index (χ4v) is 6.79. The lowest BCUT2D eigenvalue weighted by molar-refractivity contribution is 0.284. The molecule has 40 heavy (non-hydrogen) atoms. The van der Waals surface area contributed by atoms with Gasteiger partial charge in [0.15, 0.2) is 0 Å². The number of likely N-dealkylation sites (tertiary alicyclic amines) is 1. The lowest BCUT2D eigenvalue weighted by Crippen LogP contribution is -2.48. The molecule has 0 bridgehead atoms. The molecule has 9 heteroatoms. The van der Waals surface area contributed by atoms with E-state index in [4.69, 9.17) is 9.72 Å². The van der Waals surface area contributed by atoms with Gasteiger partial charge in [-0.25, -0.2) is 9.71 Å². The van der Waals surface area contributed by atoms with Gasteiger partial charge in [-0.05, 0) is 36.2 Å². The molecule has 2 N–H and O–H groups in total. The number of hydrogen-bond acceptors (Lipinski definition) is 5. The number of nitrogens with zero attached hydrogens (tertiary/aromatic N) is 3. The molecule has 1 aromatic heterocycles. The first-order chi connectivity index (χ1) is 19.5. The summed E-state index contributed by atoms with van der Waals surface area (Å²) in [5.41, 5.74) is 4.85. The summed E-state index contributed by atoms with van der Waals surface area (Å²) in [7, 11) is -2.01. The van der Waals surface area contributed by atoms with E-state index in [1.807, 2.05) is 79.7 Å². The van der Waals surface area contributed by atoms with E-state index < -0.39 is 10.2 Å². The van der Waals surface area contributed by atoms with E-state index in [0.717, 1.165) is 60.1 Å². The normalized spacial score (nSPS) is 16.0. The summed E-state index contributed by atoms with van der Waals surface area (Å²) in [6.45, 7) is 5.04. The fraction of sp³-hybridized carbons (Fsp3) is 0.323. The summed E-state index contributed by atoms with van der Waals surface area (Å²) in [6.07, 6.45) is 1.30. The minimum atomic E-state index is -3.65. The van der Waals surface area contributed by atoms with E-state index in [1.54, 1.807) is 11.4 Å². The van der Waals surface area contributed by atoms with E-state index in [2.05, 4.69) is 26.7 Å². The van der Waals surface area contributed by atoms with Gasteiger partial charge in [0.1, 0.15) is 11.6 Å². The Morgan fingerprint density at radius 3 is 2.38 bits per heavy atom. The van der Waals surface area contributed by atoms with Crippen molar-refractivity contribution in [1.82, 2.24) is 23.9 Å². The molecular formula is C31H37N5O3S. The third-order valence-electron chi connectivity index (χ3n) is 7.37. The third-order valence-corrected chi connectivity index (χ3v) is 9.12. The quantitative estimate of drug-likeness (QED) is 0.262. The lowest BCUT2D eigenvalue weighted by Gasteiger charge is -2.27. The van der Waals surface area contributed by atoms with Gasteiger partial charge < -0.3 is 9.72 Å². The fourth-order valence-electron chi connectivity index (χ4n) is 5.36. The van der Waals surface area contributed by atoms with Crippen molar-refractivity contribution < 1.29 is 13.2 Å². The van der Waals surface area contributed by atoms with Crippen LogP contribution >= 0.6 is 0 Å². The van der Waals surface area contributed by atoms with E-state index in [-0.39, 0.29) is 12.6 Å². The molecular weight excluding hydrogens is 522 g/mol. The van der Waals surface area contributed by atoms with Crippen molar-refractivity contribution in [2.75, 3.05) is 33.3 Å². The Morgan fingerprint density at radius 1 is 1.00 bits per heavy atom.